The van der Waals surface area contributed by atoms with Crippen molar-refractivity contribution in [2.45, 2.75) is 52.2 Å². The van der Waals surface area contributed by atoms with Crippen molar-refractivity contribution in [3.63, 3.8) is 0 Å². The van der Waals surface area contributed by atoms with Gasteiger partial charge < -0.3 is 24.6 Å². The number of hydrogen-bond acceptors (Lipinski definition) is 8. The summed E-state index contributed by atoms with van der Waals surface area (Å²) in [5.41, 5.74) is -1.80. The van der Waals surface area contributed by atoms with Gasteiger partial charge in [-0.15, -0.1) is 0 Å². The molecule has 1 saturated heterocycles. The molecule has 1 aliphatic rings. The van der Waals surface area contributed by atoms with Gasteiger partial charge in [-0.3, -0.25) is 9.59 Å². The van der Waals surface area contributed by atoms with E-state index in [1.807, 2.05) is 0 Å². The van der Waals surface area contributed by atoms with Crippen molar-refractivity contribution in [1.82, 2.24) is 23.7 Å². The topological polar surface area (TPSA) is 159 Å². The average Bonchev–Trinajstić information content (AvgIpc) is 3.46. The van der Waals surface area contributed by atoms with Crippen LogP contribution in [-0.4, -0.2) is 87.8 Å². The number of nitrogens with one attached hydrogen (secondary N) is 2. The molecule has 0 atom stereocenters. The lowest BCUT2D eigenvalue weighted by Gasteiger charge is -2.34. The average molecular weight is 697 g/mol. The molecule has 0 aliphatic carbocycles. The number of likely N-dealkylation sites (tertiary alicyclic amines) is 1. The number of ketones is 1. The third-order valence-electron chi connectivity index (χ3n) is 8.46. The smallest absolute Gasteiger partial charge is 0.410 e. The van der Waals surface area contributed by atoms with E-state index in [-0.39, 0.29) is 40.8 Å². The zero-order valence-electron chi connectivity index (χ0n) is 27.8. The Hall–Kier alpha value is -4.76. The fourth-order valence-corrected chi connectivity index (χ4v) is 6.80. The quantitative estimate of drug-likeness (QED) is 0.182. The Morgan fingerprint density at radius 1 is 1.10 bits per heavy atom. The van der Waals surface area contributed by atoms with Gasteiger partial charge in [0.15, 0.2) is 0 Å². The first-order valence-corrected chi connectivity index (χ1v) is 17.3. The molecule has 0 spiro atoms. The van der Waals surface area contributed by atoms with E-state index in [1.165, 1.54) is 25.5 Å². The summed E-state index contributed by atoms with van der Waals surface area (Å²) in [6.07, 6.45) is 5.19. The molecule has 1 fully saturated rings. The molecule has 49 heavy (non-hydrogen) atoms. The number of ether oxygens (including phenoxy) is 1. The van der Waals surface area contributed by atoms with Crippen LogP contribution >= 0.6 is 0 Å². The van der Waals surface area contributed by atoms with Gasteiger partial charge in [-0.1, -0.05) is 6.92 Å². The summed E-state index contributed by atoms with van der Waals surface area (Å²) < 4.78 is 63.8. The number of H-pyrrole nitrogens is 1. The number of sulfonamides is 1. The Kier molecular flexibility index (Phi) is 9.89. The highest BCUT2D eigenvalue weighted by atomic mass is 32.2. The van der Waals surface area contributed by atoms with Crippen molar-refractivity contribution in [2.75, 3.05) is 32.4 Å². The van der Waals surface area contributed by atoms with Crippen LogP contribution in [0.4, 0.5) is 13.6 Å². The Morgan fingerprint density at radius 3 is 2.43 bits per heavy atom. The van der Waals surface area contributed by atoms with Gasteiger partial charge in [-0.25, -0.2) is 31.3 Å². The minimum absolute atomic E-state index is 0.103. The van der Waals surface area contributed by atoms with Crippen molar-refractivity contribution >= 4 is 38.6 Å². The first-order chi connectivity index (χ1) is 23.0. The third kappa shape index (κ3) is 7.47. The monoisotopic (exact) mass is 696 g/mol. The van der Waals surface area contributed by atoms with E-state index < -0.39 is 55.6 Å². The van der Waals surface area contributed by atoms with E-state index in [1.54, 1.807) is 55.5 Å². The van der Waals surface area contributed by atoms with Gasteiger partial charge in [0.2, 0.25) is 15.8 Å². The maximum Gasteiger partial charge on any atom is 0.410 e. The fraction of sp³-hybridized carbons (Fsp3) is 0.382. The van der Waals surface area contributed by atoms with Crippen molar-refractivity contribution < 1.29 is 31.5 Å². The van der Waals surface area contributed by atoms with Crippen LogP contribution in [0, 0.1) is 17.0 Å². The van der Waals surface area contributed by atoms with E-state index in [4.69, 9.17) is 10.1 Å². The van der Waals surface area contributed by atoms with Crippen molar-refractivity contribution in [3.05, 3.63) is 87.6 Å². The molecule has 2 N–H and O–H groups in total. The van der Waals surface area contributed by atoms with Gasteiger partial charge in [-0.05, 0) is 63.4 Å². The Labute approximate surface area is 282 Å². The standard InChI is InChI=1S/C34H38F2N6O6S/c1-6-40(5)49(46,47)19-27(37)23-7-8-26(35)29(30(23)36)31(44)25-18-39-32-24(25)15-21(17-38-32)20-9-14-42(28(43)16-20)22-10-12-41(13-11-22)33(45)48-34(2,3)4/h7-9,14-18,22,37H,6,10-13,19H2,1-5H3,(H,38,39). The number of halogens is 2. The summed E-state index contributed by atoms with van der Waals surface area (Å²) in [5.74, 6) is -4.38. The number of benzene rings is 1. The number of fused-ring (bicyclic) bond motifs is 1. The van der Waals surface area contributed by atoms with Crippen LogP contribution in [0.2, 0.25) is 0 Å². The van der Waals surface area contributed by atoms with Crippen LogP contribution in [0.15, 0.2) is 53.7 Å². The molecule has 4 aromatic rings. The number of piperidine rings is 1. The predicted octanol–water partition coefficient (Wildman–Crippen LogP) is 5.12. The molecule has 1 amide bonds. The number of aromatic nitrogens is 3. The Bertz CT molecular complexity index is 2110. The molecule has 12 nitrogen and oxygen atoms in total. The molecular formula is C34H38F2N6O6S. The summed E-state index contributed by atoms with van der Waals surface area (Å²) in [7, 11) is -2.62. The normalized spacial score (nSPS) is 14.4. The number of carbonyl (C=O) groups excluding carboxylic acids is 2. The number of pyridine rings is 2. The summed E-state index contributed by atoms with van der Waals surface area (Å²) >= 11 is 0. The number of rotatable bonds is 9. The number of aromatic amines is 1. The largest absolute Gasteiger partial charge is 0.444 e. The zero-order valence-corrected chi connectivity index (χ0v) is 28.7. The van der Waals surface area contributed by atoms with Gasteiger partial charge in [-0.2, -0.15) is 0 Å². The van der Waals surface area contributed by atoms with Gasteiger partial charge in [0, 0.05) is 79.5 Å². The predicted molar refractivity (Wildman–Crippen MR) is 181 cm³/mol. The van der Waals surface area contributed by atoms with Gasteiger partial charge in [0.1, 0.15) is 28.6 Å². The first kappa shape index (κ1) is 35.5. The molecule has 15 heteroatoms. The first-order valence-electron chi connectivity index (χ1n) is 15.7. The lowest BCUT2D eigenvalue weighted by atomic mass is 9.97. The van der Waals surface area contributed by atoms with E-state index >= 15 is 8.78 Å². The summed E-state index contributed by atoms with van der Waals surface area (Å²) in [6.45, 7) is 8.04. The number of nitrogens with zero attached hydrogens (tertiary/aromatic N) is 4. The highest BCUT2D eigenvalue weighted by molar-refractivity contribution is 7.89. The maximum atomic E-state index is 15.7. The van der Waals surface area contributed by atoms with Crippen LogP contribution in [0.5, 0.6) is 0 Å². The molecule has 0 bridgehead atoms. The second kappa shape index (κ2) is 13.6. The third-order valence-corrected chi connectivity index (χ3v) is 10.3. The number of amides is 1. The molecule has 3 aromatic heterocycles. The Morgan fingerprint density at radius 2 is 1.80 bits per heavy atom. The van der Waals surface area contributed by atoms with Crippen LogP contribution in [0.25, 0.3) is 22.2 Å². The van der Waals surface area contributed by atoms with Gasteiger partial charge in [0.05, 0.1) is 11.3 Å². The van der Waals surface area contributed by atoms with E-state index in [0.29, 0.717) is 37.1 Å². The van der Waals surface area contributed by atoms with Crippen LogP contribution < -0.4 is 5.56 Å². The molecular weight excluding hydrogens is 658 g/mol. The summed E-state index contributed by atoms with van der Waals surface area (Å²) in [4.78, 5) is 48.1. The molecule has 5 rings (SSSR count). The highest BCUT2D eigenvalue weighted by Gasteiger charge is 2.29. The SMILES string of the molecule is CCN(C)S(=O)(=O)CC(=N)c1ccc(F)c(C(=O)c2c[nH]c3ncc(-c4ccn(C5CCN(C(=O)OC(C)(C)C)CC5)c(=O)c4)cc23)c1F. The Balaban J connectivity index is 1.39. The minimum atomic E-state index is -3.94. The van der Waals surface area contributed by atoms with E-state index in [0.717, 1.165) is 16.4 Å². The number of hydrogen-bond donors (Lipinski definition) is 2. The van der Waals surface area contributed by atoms with Crippen molar-refractivity contribution in [1.29, 1.82) is 5.41 Å². The molecule has 0 radical (unpaired) electrons. The fourth-order valence-electron chi connectivity index (χ4n) is 5.67. The van der Waals surface area contributed by atoms with Crippen molar-refractivity contribution in [2.24, 2.45) is 0 Å². The molecule has 1 aliphatic heterocycles. The van der Waals surface area contributed by atoms with Crippen molar-refractivity contribution in [3.8, 4) is 11.1 Å². The second-order valence-corrected chi connectivity index (χ2v) is 15.0. The van der Waals surface area contributed by atoms with E-state index in [2.05, 4.69) is 9.97 Å². The van der Waals surface area contributed by atoms with Crippen LogP contribution in [0.3, 0.4) is 0 Å². The minimum Gasteiger partial charge on any atom is -0.444 e. The lowest BCUT2D eigenvalue weighted by molar-refractivity contribution is 0.0187. The zero-order chi connectivity index (χ0) is 35.8. The number of carbonyl (C=O) groups is 2. The molecule has 1 aromatic carbocycles. The summed E-state index contributed by atoms with van der Waals surface area (Å²) in [6, 6.07) is 6.40. The summed E-state index contributed by atoms with van der Waals surface area (Å²) in [5, 5.41) is 8.48. The van der Waals surface area contributed by atoms with Crippen LogP contribution in [-0.2, 0) is 14.8 Å². The molecule has 4 heterocycles. The molecule has 260 valence electrons. The molecule has 0 saturated carbocycles. The second-order valence-electron chi connectivity index (χ2n) is 12.9. The van der Waals surface area contributed by atoms with Crippen LogP contribution in [0.1, 0.15) is 68.1 Å². The maximum absolute atomic E-state index is 15.7. The lowest BCUT2D eigenvalue weighted by Crippen LogP contribution is -2.43. The molecule has 0 unspecified atom stereocenters. The highest BCUT2D eigenvalue weighted by Crippen LogP contribution is 2.29. The van der Waals surface area contributed by atoms with Gasteiger partial charge in [0.25, 0.3) is 5.56 Å². The van der Waals surface area contributed by atoms with E-state index in [9.17, 15) is 22.8 Å². The van der Waals surface area contributed by atoms with Gasteiger partial charge >= 0.3 is 6.09 Å².